The molecule has 0 aliphatic heterocycles. The zero-order chi connectivity index (χ0) is 12.2. The summed E-state index contributed by atoms with van der Waals surface area (Å²) in [7, 11) is 0. The molecule has 0 heterocycles. The van der Waals surface area contributed by atoms with Gasteiger partial charge in [-0.1, -0.05) is 12.1 Å². The van der Waals surface area contributed by atoms with Crippen molar-refractivity contribution < 1.29 is 51.0 Å². The predicted molar refractivity (Wildman–Crippen MR) is 79.1 cm³/mol. The number of benzene rings is 2. The van der Waals surface area contributed by atoms with Gasteiger partial charge in [0.05, 0.1) is 0 Å². The van der Waals surface area contributed by atoms with Crippen molar-refractivity contribution >= 4 is 21.5 Å². The van der Waals surface area contributed by atoms with Crippen LogP contribution in [0.4, 0.5) is 0 Å². The average Bonchev–Trinajstić information content (AvgIpc) is 3.08. The molecule has 4 aromatic carbocycles. The van der Waals surface area contributed by atoms with Gasteiger partial charge in [-0.25, -0.2) is 0 Å². The molecule has 104 valence electrons. The molecule has 4 aromatic rings. The van der Waals surface area contributed by atoms with Gasteiger partial charge in [0, 0.05) is 0 Å². The Balaban J connectivity index is 0.000000333. The van der Waals surface area contributed by atoms with Crippen molar-refractivity contribution in [3.05, 3.63) is 84.9 Å². The van der Waals surface area contributed by atoms with Gasteiger partial charge >= 0.3 is 26.2 Å². The summed E-state index contributed by atoms with van der Waals surface area (Å²) in [4.78, 5) is 0. The molecule has 0 spiro atoms. The summed E-state index contributed by atoms with van der Waals surface area (Å²) >= 11 is 0. The summed E-state index contributed by atoms with van der Waals surface area (Å²) < 4.78 is 0. The normalized spacial score (nSPS) is 8.76. The maximum atomic E-state index is 2.12. The minimum atomic E-state index is 0. The first kappa shape index (κ1) is 20.1. The Morgan fingerprint density at radius 1 is 0.524 bits per heavy atom. The predicted octanol–water partition coefficient (Wildman–Crippen LogP) is -0.877. The van der Waals surface area contributed by atoms with Crippen molar-refractivity contribution in [2.45, 2.75) is 0 Å². The van der Waals surface area contributed by atoms with E-state index in [9.17, 15) is 0 Å². The van der Waals surface area contributed by atoms with E-state index in [0.717, 1.165) is 0 Å². The third kappa shape index (κ3) is 5.11. The number of fused-ring (bicyclic) bond motifs is 2. The molecule has 0 bridgehead atoms. The monoisotopic (exact) mass is 390 g/mol. The molecular weight excluding hydrogens is 378 g/mol. The van der Waals surface area contributed by atoms with Gasteiger partial charge in [0.15, 0.2) is 0 Å². The van der Waals surface area contributed by atoms with Gasteiger partial charge in [-0.05, 0) is 0 Å². The largest absolute Gasteiger partial charge is 4.00 e. The molecular formula is C18H14Cl2Zr. The van der Waals surface area contributed by atoms with Crippen molar-refractivity contribution in [3.63, 3.8) is 0 Å². The fraction of sp³-hybridized carbons (Fsp3) is 0. The van der Waals surface area contributed by atoms with Crippen LogP contribution in [0.25, 0.3) is 21.5 Å². The van der Waals surface area contributed by atoms with Crippen LogP contribution in [0, 0.1) is 0 Å². The summed E-state index contributed by atoms with van der Waals surface area (Å²) in [6.07, 6.45) is 0. The maximum absolute atomic E-state index is 2.12. The van der Waals surface area contributed by atoms with Crippen LogP contribution < -0.4 is 24.8 Å². The van der Waals surface area contributed by atoms with E-state index in [2.05, 4.69) is 84.9 Å². The van der Waals surface area contributed by atoms with Crippen molar-refractivity contribution in [1.29, 1.82) is 0 Å². The van der Waals surface area contributed by atoms with Gasteiger partial charge in [-0.3, -0.25) is 0 Å². The van der Waals surface area contributed by atoms with Crippen LogP contribution in [0.2, 0.25) is 0 Å². The van der Waals surface area contributed by atoms with E-state index >= 15 is 0 Å². The molecule has 3 heteroatoms. The molecule has 0 aliphatic rings. The Morgan fingerprint density at radius 2 is 0.905 bits per heavy atom. The Morgan fingerprint density at radius 3 is 1.29 bits per heavy atom. The SMILES string of the molecule is [Cl-].[Cl-].[Zr+4].c1ccc2[cH-]ccc2c1.c1ccc2[cH-]ccc2c1. The second-order valence-corrected chi connectivity index (χ2v) is 4.31. The molecule has 0 nitrogen and oxygen atoms in total. The van der Waals surface area contributed by atoms with Gasteiger partial charge in [0.2, 0.25) is 0 Å². The molecule has 0 saturated heterocycles. The number of halogens is 2. The van der Waals surface area contributed by atoms with Gasteiger partial charge in [-0.15, -0.1) is 59.3 Å². The minimum Gasteiger partial charge on any atom is -1.00 e. The van der Waals surface area contributed by atoms with Gasteiger partial charge in [0.25, 0.3) is 0 Å². The van der Waals surface area contributed by atoms with E-state index in [4.69, 9.17) is 0 Å². The molecule has 0 unspecified atom stereocenters. The average molecular weight is 392 g/mol. The van der Waals surface area contributed by atoms with Crippen molar-refractivity contribution in [3.8, 4) is 0 Å². The van der Waals surface area contributed by atoms with Gasteiger partial charge in [0.1, 0.15) is 0 Å². The molecule has 0 aromatic heterocycles. The number of hydrogen-bond donors (Lipinski definition) is 0. The Bertz CT molecular complexity index is 629. The smallest absolute Gasteiger partial charge is 1.00 e. The first-order valence-electron chi connectivity index (χ1n) is 6.14. The van der Waals surface area contributed by atoms with E-state index in [0.29, 0.717) is 0 Å². The van der Waals surface area contributed by atoms with Gasteiger partial charge in [-0.2, -0.15) is 35.0 Å². The van der Waals surface area contributed by atoms with Crippen LogP contribution in [0.3, 0.4) is 0 Å². The first-order chi connectivity index (χ1) is 8.93. The standard InChI is InChI=1S/2C9H7.2ClH.Zr/c2*1-2-5-9-7-3-6-8(9)4-1;;;/h2*1-7H;2*1H;/q2*-1;;;+4/p-2. The summed E-state index contributed by atoms with van der Waals surface area (Å²) in [6.45, 7) is 0. The van der Waals surface area contributed by atoms with Crippen LogP contribution in [0.15, 0.2) is 84.9 Å². The van der Waals surface area contributed by atoms with Crippen molar-refractivity contribution in [2.75, 3.05) is 0 Å². The third-order valence-electron chi connectivity index (χ3n) is 3.10. The third-order valence-corrected chi connectivity index (χ3v) is 3.10. The van der Waals surface area contributed by atoms with Crippen LogP contribution in [-0.4, -0.2) is 0 Å². The first-order valence-corrected chi connectivity index (χ1v) is 6.14. The maximum Gasteiger partial charge on any atom is 4.00 e. The Hall–Kier alpha value is -0.877. The zero-order valence-corrected chi connectivity index (χ0v) is 15.3. The summed E-state index contributed by atoms with van der Waals surface area (Å²) in [5.74, 6) is 0. The van der Waals surface area contributed by atoms with Gasteiger partial charge < -0.3 is 24.8 Å². The van der Waals surface area contributed by atoms with E-state index in [-0.39, 0.29) is 51.0 Å². The van der Waals surface area contributed by atoms with Crippen LogP contribution in [0.5, 0.6) is 0 Å². The zero-order valence-electron chi connectivity index (χ0n) is 11.3. The molecule has 0 N–H and O–H groups in total. The molecule has 0 atom stereocenters. The van der Waals surface area contributed by atoms with E-state index in [1.54, 1.807) is 0 Å². The quantitative estimate of drug-likeness (QED) is 0.341. The molecule has 0 fully saturated rings. The number of hydrogen-bond acceptors (Lipinski definition) is 0. The van der Waals surface area contributed by atoms with Crippen molar-refractivity contribution in [1.82, 2.24) is 0 Å². The Labute approximate surface area is 156 Å². The summed E-state index contributed by atoms with van der Waals surface area (Å²) in [5.41, 5.74) is 0. The molecule has 0 amide bonds. The minimum absolute atomic E-state index is 0. The van der Waals surface area contributed by atoms with Crippen molar-refractivity contribution in [2.24, 2.45) is 0 Å². The molecule has 0 radical (unpaired) electrons. The molecule has 4 rings (SSSR count). The van der Waals surface area contributed by atoms with E-state index < -0.39 is 0 Å². The van der Waals surface area contributed by atoms with Crippen LogP contribution in [0.1, 0.15) is 0 Å². The molecule has 0 saturated carbocycles. The molecule has 0 aliphatic carbocycles. The number of rotatable bonds is 0. The topological polar surface area (TPSA) is 0 Å². The fourth-order valence-electron chi connectivity index (χ4n) is 2.14. The van der Waals surface area contributed by atoms with Crippen LogP contribution >= 0.6 is 0 Å². The molecule has 21 heavy (non-hydrogen) atoms. The summed E-state index contributed by atoms with van der Waals surface area (Å²) in [6, 6.07) is 29.3. The second-order valence-electron chi connectivity index (χ2n) is 4.31. The fourth-order valence-corrected chi connectivity index (χ4v) is 2.14. The Kier molecular flexibility index (Phi) is 9.54. The van der Waals surface area contributed by atoms with E-state index in [1.165, 1.54) is 21.5 Å². The van der Waals surface area contributed by atoms with Crippen LogP contribution in [-0.2, 0) is 26.2 Å². The summed E-state index contributed by atoms with van der Waals surface area (Å²) in [5, 5.41) is 5.32. The van der Waals surface area contributed by atoms with E-state index in [1.807, 2.05) is 0 Å². The second kappa shape index (κ2) is 9.95.